The Morgan fingerprint density at radius 2 is 2.31 bits per heavy atom. The van der Waals surface area contributed by atoms with Crippen LogP contribution in [0, 0.1) is 5.82 Å². The molecule has 13 heavy (non-hydrogen) atoms. The lowest BCUT2D eigenvalue weighted by Gasteiger charge is -2.02. The molecule has 0 spiro atoms. The van der Waals surface area contributed by atoms with Gasteiger partial charge in [0.15, 0.2) is 0 Å². The molecule has 0 aliphatic carbocycles. The highest BCUT2D eigenvalue weighted by atomic mass is 19.1. The van der Waals surface area contributed by atoms with Crippen molar-refractivity contribution in [2.75, 3.05) is 6.54 Å². The van der Waals surface area contributed by atoms with Crippen LogP contribution in [0.15, 0.2) is 24.3 Å². The van der Waals surface area contributed by atoms with Gasteiger partial charge in [0, 0.05) is 12.6 Å². The average Bonchev–Trinajstić information content (AvgIpc) is 2.04. The Labute approximate surface area is 75.3 Å². The van der Waals surface area contributed by atoms with E-state index >= 15 is 0 Å². The Balaban J connectivity index is 2.58. The summed E-state index contributed by atoms with van der Waals surface area (Å²) in [5.74, 6) is -0.676. The van der Waals surface area contributed by atoms with Gasteiger partial charge < -0.3 is 10.5 Å². The molecule has 0 saturated carbocycles. The third-order valence-electron chi connectivity index (χ3n) is 1.38. The number of ether oxygens (including phenoxy) is 1. The minimum Gasteiger partial charge on any atom is -0.426 e. The molecule has 0 radical (unpaired) electrons. The Bertz CT molecular complexity index is 301. The highest BCUT2D eigenvalue weighted by Crippen LogP contribution is 2.12. The minimum atomic E-state index is -0.451. The van der Waals surface area contributed by atoms with Crippen molar-refractivity contribution in [3.63, 3.8) is 0 Å². The molecule has 0 saturated heterocycles. The second kappa shape index (κ2) is 4.57. The first kappa shape index (κ1) is 9.67. The van der Waals surface area contributed by atoms with Gasteiger partial charge in [0.1, 0.15) is 11.6 Å². The lowest BCUT2D eigenvalue weighted by Crippen LogP contribution is -2.13. The number of halogens is 1. The van der Waals surface area contributed by atoms with E-state index in [-0.39, 0.29) is 18.7 Å². The van der Waals surface area contributed by atoms with Gasteiger partial charge in [-0.2, -0.15) is 0 Å². The molecule has 0 bridgehead atoms. The Morgan fingerprint density at radius 1 is 1.54 bits per heavy atom. The predicted octanol–water partition coefficient (Wildman–Crippen LogP) is 1.08. The van der Waals surface area contributed by atoms with Gasteiger partial charge in [0.2, 0.25) is 0 Å². The van der Waals surface area contributed by atoms with Gasteiger partial charge >= 0.3 is 5.97 Å². The minimum absolute atomic E-state index is 0.135. The van der Waals surface area contributed by atoms with Gasteiger partial charge in [0.25, 0.3) is 0 Å². The maximum atomic E-state index is 12.6. The molecule has 0 aliphatic rings. The zero-order chi connectivity index (χ0) is 9.68. The van der Waals surface area contributed by atoms with Crippen LogP contribution in [0.5, 0.6) is 5.75 Å². The van der Waals surface area contributed by atoms with Gasteiger partial charge in [-0.15, -0.1) is 0 Å². The van der Waals surface area contributed by atoms with Crippen molar-refractivity contribution in [3.05, 3.63) is 30.1 Å². The van der Waals surface area contributed by atoms with Crippen LogP contribution in [0.4, 0.5) is 4.39 Å². The highest BCUT2D eigenvalue weighted by molar-refractivity contribution is 5.72. The summed E-state index contributed by atoms with van der Waals surface area (Å²) in [5, 5.41) is 0. The second-order valence-electron chi connectivity index (χ2n) is 2.47. The summed E-state index contributed by atoms with van der Waals surface area (Å²) in [6.45, 7) is 0.230. The van der Waals surface area contributed by atoms with Crippen LogP contribution >= 0.6 is 0 Å². The monoisotopic (exact) mass is 183 g/mol. The summed E-state index contributed by atoms with van der Waals surface area (Å²) in [5.41, 5.74) is 5.14. The van der Waals surface area contributed by atoms with Crippen LogP contribution in [0.25, 0.3) is 0 Å². The average molecular weight is 183 g/mol. The number of hydrogen-bond donors (Lipinski definition) is 1. The summed E-state index contributed by atoms with van der Waals surface area (Å²) in [4.78, 5) is 10.9. The molecule has 0 atom stereocenters. The van der Waals surface area contributed by atoms with E-state index in [0.29, 0.717) is 0 Å². The highest BCUT2D eigenvalue weighted by Gasteiger charge is 2.03. The summed E-state index contributed by atoms with van der Waals surface area (Å²) in [7, 11) is 0. The summed E-state index contributed by atoms with van der Waals surface area (Å²) >= 11 is 0. The largest absolute Gasteiger partial charge is 0.426 e. The van der Waals surface area contributed by atoms with Crippen molar-refractivity contribution < 1.29 is 13.9 Å². The molecule has 70 valence electrons. The molecule has 1 aromatic carbocycles. The molecule has 0 aliphatic heterocycles. The predicted molar refractivity (Wildman–Crippen MR) is 45.7 cm³/mol. The second-order valence-corrected chi connectivity index (χ2v) is 2.47. The van der Waals surface area contributed by atoms with E-state index in [0.717, 1.165) is 6.07 Å². The SMILES string of the molecule is NCCC(=O)Oc1cccc(F)c1. The molecule has 3 nitrogen and oxygen atoms in total. The summed E-state index contributed by atoms with van der Waals surface area (Å²) < 4.78 is 17.4. The third-order valence-corrected chi connectivity index (χ3v) is 1.38. The fraction of sp³-hybridized carbons (Fsp3) is 0.222. The topological polar surface area (TPSA) is 52.3 Å². The van der Waals surface area contributed by atoms with Gasteiger partial charge in [-0.3, -0.25) is 4.79 Å². The molecule has 2 N–H and O–H groups in total. The quantitative estimate of drug-likeness (QED) is 0.563. The lowest BCUT2D eigenvalue weighted by molar-refractivity contribution is -0.134. The van der Waals surface area contributed by atoms with Gasteiger partial charge in [-0.25, -0.2) is 4.39 Å². The standard InChI is InChI=1S/C9H10FNO2/c10-7-2-1-3-8(6-7)13-9(12)4-5-11/h1-3,6H,4-5,11H2. The van der Waals surface area contributed by atoms with E-state index in [9.17, 15) is 9.18 Å². The fourth-order valence-corrected chi connectivity index (χ4v) is 0.831. The first-order chi connectivity index (χ1) is 6.22. The smallest absolute Gasteiger partial charge is 0.312 e. The molecule has 0 fully saturated rings. The first-order valence-corrected chi connectivity index (χ1v) is 3.88. The van der Waals surface area contributed by atoms with Gasteiger partial charge in [0.05, 0.1) is 6.42 Å². The molecule has 0 unspecified atom stereocenters. The van der Waals surface area contributed by atoms with Crippen molar-refractivity contribution in [1.82, 2.24) is 0 Å². The maximum absolute atomic E-state index is 12.6. The van der Waals surface area contributed by atoms with Gasteiger partial charge in [-0.1, -0.05) is 6.07 Å². The number of carbonyl (C=O) groups is 1. The van der Waals surface area contributed by atoms with Crippen LogP contribution in [0.1, 0.15) is 6.42 Å². The molecular formula is C9H10FNO2. The van der Waals surface area contributed by atoms with E-state index in [2.05, 4.69) is 0 Å². The van der Waals surface area contributed by atoms with Crippen molar-refractivity contribution in [3.8, 4) is 5.75 Å². The van der Waals surface area contributed by atoms with Crippen LogP contribution < -0.4 is 10.5 Å². The van der Waals surface area contributed by atoms with Crippen molar-refractivity contribution in [2.45, 2.75) is 6.42 Å². The van der Waals surface area contributed by atoms with Crippen molar-refractivity contribution in [1.29, 1.82) is 0 Å². The normalized spacial score (nSPS) is 9.69. The number of benzene rings is 1. The van der Waals surface area contributed by atoms with E-state index in [1.54, 1.807) is 0 Å². The van der Waals surface area contributed by atoms with Crippen LogP contribution in [0.3, 0.4) is 0 Å². The van der Waals surface area contributed by atoms with Crippen LogP contribution in [-0.4, -0.2) is 12.5 Å². The number of hydrogen-bond acceptors (Lipinski definition) is 3. The van der Waals surface area contributed by atoms with E-state index in [1.807, 2.05) is 0 Å². The van der Waals surface area contributed by atoms with E-state index in [1.165, 1.54) is 18.2 Å². The number of esters is 1. The third kappa shape index (κ3) is 3.21. The van der Waals surface area contributed by atoms with Crippen molar-refractivity contribution in [2.24, 2.45) is 5.73 Å². The van der Waals surface area contributed by atoms with E-state index in [4.69, 9.17) is 10.5 Å². The molecule has 1 rings (SSSR count). The molecular weight excluding hydrogens is 173 g/mol. The van der Waals surface area contributed by atoms with Crippen LogP contribution in [-0.2, 0) is 4.79 Å². The summed E-state index contributed by atoms with van der Waals surface area (Å²) in [6.07, 6.45) is 0.135. The lowest BCUT2D eigenvalue weighted by atomic mass is 10.3. The molecule has 4 heteroatoms. The molecule has 1 aromatic rings. The zero-order valence-electron chi connectivity index (χ0n) is 7.00. The Morgan fingerprint density at radius 3 is 2.92 bits per heavy atom. The Hall–Kier alpha value is -1.42. The maximum Gasteiger partial charge on any atom is 0.312 e. The number of nitrogens with two attached hydrogens (primary N) is 1. The number of carbonyl (C=O) groups excluding carboxylic acids is 1. The van der Waals surface area contributed by atoms with Crippen LogP contribution in [0.2, 0.25) is 0 Å². The molecule has 0 aromatic heterocycles. The fourth-order valence-electron chi connectivity index (χ4n) is 0.831. The molecule has 0 amide bonds. The Kier molecular flexibility index (Phi) is 3.40. The van der Waals surface area contributed by atoms with Gasteiger partial charge in [-0.05, 0) is 12.1 Å². The van der Waals surface area contributed by atoms with Crippen molar-refractivity contribution >= 4 is 5.97 Å². The first-order valence-electron chi connectivity index (χ1n) is 3.88. The molecule has 0 heterocycles. The number of rotatable bonds is 3. The van der Waals surface area contributed by atoms with E-state index < -0.39 is 11.8 Å². The summed E-state index contributed by atoms with van der Waals surface area (Å²) in [6, 6.07) is 5.41. The zero-order valence-corrected chi connectivity index (χ0v) is 7.00.